The van der Waals surface area contributed by atoms with Crippen LogP contribution in [-0.2, 0) is 23.7 Å². The van der Waals surface area contributed by atoms with E-state index in [1.807, 2.05) is 0 Å². The van der Waals surface area contributed by atoms with Crippen LogP contribution in [0, 0.1) is 0 Å². The van der Waals surface area contributed by atoms with Gasteiger partial charge in [0.25, 0.3) is 0 Å². The van der Waals surface area contributed by atoms with Crippen molar-refractivity contribution < 1.29 is 28.8 Å². The minimum Gasteiger partial charge on any atom is -0.478 e. The van der Waals surface area contributed by atoms with Gasteiger partial charge in [0, 0.05) is 19.3 Å². The van der Waals surface area contributed by atoms with Gasteiger partial charge in [0.2, 0.25) is 0 Å². The molecule has 2 aliphatic heterocycles. The van der Waals surface area contributed by atoms with Crippen LogP contribution in [-0.4, -0.2) is 62.9 Å². The van der Waals surface area contributed by atoms with E-state index in [0.29, 0.717) is 12.2 Å². The van der Waals surface area contributed by atoms with Gasteiger partial charge >= 0.3 is 5.97 Å². The molecular weight excluding hydrogens is 276 g/mol. The smallest absolute Gasteiger partial charge is 0.327 e. The van der Waals surface area contributed by atoms with E-state index in [1.54, 1.807) is 0 Å². The van der Waals surface area contributed by atoms with Crippen LogP contribution in [0.4, 0.5) is 0 Å². The van der Waals surface area contributed by atoms with Gasteiger partial charge in [-0.05, 0) is 12.8 Å². The van der Waals surface area contributed by atoms with Gasteiger partial charge in [-0.15, -0.1) is 0 Å². The third kappa shape index (κ3) is 13.8. The number of hydrogen-bond donors (Lipinski definition) is 1. The summed E-state index contributed by atoms with van der Waals surface area (Å²) in [5.74, 6) is -0.981. The van der Waals surface area contributed by atoms with E-state index in [9.17, 15) is 4.79 Å². The molecule has 122 valence electrons. The fraction of sp³-hybridized carbons (Fsp3) is 0.800. The third-order valence-corrected chi connectivity index (χ3v) is 2.91. The number of carboxylic acids is 1. The number of rotatable bonds is 12. The summed E-state index contributed by atoms with van der Waals surface area (Å²) in [6.45, 7) is 8.05. The first-order valence-electron chi connectivity index (χ1n) is 7.46. The Labute approximate surface area is 126 Å². The van der Waals surface area contributed by atoms with Gasteiger partial charge < -0.3 is 24.1 Å². The van der Waals surface area contributed by atoms with Crippen molar-refractivity contribution in [2.24, 2.45) is 0 Å². The van der Waals surface area contributed by atoms with Crippen LogP contribution in [0.1, 0.15) is 25.7 Å². The molecule has 0 aliphatic carbocycles. The number of carbonyl (C=O) groups is 1. The molecule has 2 fully saturated rings. The zero-order chi connectivity index (χ0) is 15.3. The Morgan fingerprint density at radius 2 is 1.43 bits per heavy atom. The molecule has 0 saturated carbocycles. The van der Waals surface area contributed by atoms with E-state index in [1.165, 1.54) is 12.8 Å². The molecule has 2 saturated heterocycles. The highest BCUT2D eigenvalue weighted by atomic mass is 16.6. The van der Waals surface area contributed by atoms with Crippen LogP contribution >= 0.6 is 0 Å². The molecule has 1 N–H and O–H groups in total. The number of epoxide rings is 2. The average molecular weight is 302 g/mol. The van der Waals surface area contributed by atoms with Crippen molar-refractivity contribution in [1.29, 1.82) is 0 Å². The average Bonchev–Trinajstić information content (AvgIpc) is 3.36. The Morgan fingerprint density at radius 1 is 1.05 bits per heavy atom. The summed E-state index contributed by atoms with van der Waals surface area (Å²) < 4.78 is 21.0. The van der Waals surface area contributed by atoms with Crippen molar-refractivity contribution in [1.82, 2.24) is 0 Å². The monoisotopic (exact) mass is 302 g/mol. The van der Waals surface area contributed by atoms with Crippen molar-refractivity contribution in [3.8, 4) is 0 Å². The first-order chi connectivity index (χ1) is 10.2. The highest BCUT2D eigenvalue weighted by Gasteiger charge is 2.22. The molecule has 0 aromatic rings. The van der Waals surface area contributed by atoms with E-state index in [2.05, 4.69) is 6.58 Å². The summed E-state index contributed by atoms with van der Waals surface area (Å²) in [5.41, 5.74) is 0. The minimum atomic E-state index is -0.981. The summed E-state index contributed by atoms with van der Waals surface area (Å²) >= 11 is 0. The quantitative estimate of drug-likeness (QED) is 0.335. The zero-order valence-electron chi connectivity index (χ0n) is 12.5. The standard InChI is InChI=1S/C12H22O4.C3H4O2/c1(3-5-13-7-11-9-15-11)2-4-6-14-8-12-10-16-12;1-2-3(4)5/h11-12H,1-10H2;2H,1H2,(H,4,5). The third-order valence-electron chi connectivity index (χ3n) is 2.91. The predicted octanol–water partition coefficient (Wildman–Crippen LogP) is 1.63. The molecule has 2 rings (SSSR count). The Morgan fingerprint density at radius 3 is 1.71 bits per heavy atom. The highest BCUT2D eigenvalue weighted by molar-refractivity contribution is 5.78. The summed E-state index contributed by atoms with van der Waals surface area (Å²) in [7, 11) is 0. The zero-order valence-corrected chi connectivity index (χ0v) is 12.5. The van der Waals surface area contributed by atoms with Crippen LogP contribution in [0.5, 0.6) is 0 Å². The van der Waals surface area contributed by atoms with Crippen molar-refractivity contribution in [3.63, 3.8) is 0 Å². The SMILES string of the molecule is C(CCCOCC1CO1)CCOCC1CO1.C=CC(=O)O. The van der Waals surface area contributed by atoms with Crippen molar-refractivity contribution in [3.05, 3.63) is 12.7 Å². The van der Waals surface area contributed by atoms with Crippen LogP contribution in [0.25, 0.3) is 0 Å². The topological polar surface area (TPSA) is 80.8 Å². The van der Waals surface area contributed by atoms with Gasteiger partial charge in [0.15, 0.2) is 0 Å². The number of aliphatic carboxylic acids is 1. The second-order valence-corrected chi connectivity index (χ2v) is 5.02. The molecule has 2 unspecified atom stereocenters. The number of carboxylic acid groups (broad SMARTS) is 1. The molecule has 2 heterocycles. The van der Waals surface area contributed by atoms with Gasteiger partial charge in [-0.3, -0.25) is 0 Å². The molecule has 2 aliphatic rings. The molecule has 2 atom stereocenters. The van der Waals surface area contributed by atoms with Crippen molar-refractivity contribution in [2.45, 2.75) is 37.9 Å². The molecule has 0 spiro atoms. The molecule has 6 nitrogen and oxygen atoms in total. The Kier molecular flexibility index (Phi) is 10.1. The van der Waals surface area contributed by atoms with E-state index in [-0.39, 0.29) is 0 Å². The molecule has 0 amide bonds. The molecule has 0 radical (unpaired) electrons. The van der Waals surface area contributed by atoms with E-state index in [0.717, 1.165) is 58.6 Å². The Bertz CT molecular complexity index is 266. The summed E-state index contributed by atoms with van der Waals surface area (Å²) in [6, 6.07) is 0. The Hall–Kier alpha value is -0.950. The number of hydrogen-bond acceptors (Lipinski definition) is 5. The largest absolute Gasteiger partial charge is 0.478 e. The van der Waals surface area contributed by atoms with Crippen LogP contribution in [0.15, 0.2) is 12.7 Å². The lowest BCUT2D eigenvalue weighted by molar-refractivity contribution is -0.131. The summed E-state index contributed by atoms with van der Waals surface area (Å²) in [6.07, 6.45) is 6.40. The van der Waals surface area contributed by atoms with Crippen molar-refractivity contribution in [2.75, 3.05) is 39.6 Å². The first-order valence-corrected chi connectivity index (χ1v) is 7.46. The second kappa shape index (κ2) is 11.7. The number of ether oxygens (including phenoxy) is 4. The highest BCUT2D eigenvalue weighted by Crippen LogP contribution is 2.10. The van der Waals surface area contributed by atoms with E-state index in [4.69, 9.17) is 24.1 Å². The maximum Gasteiger partial charge on any atom is 0.327 e. The van der Waals surface area contributed by atoms with Crippen LogP contribution < -0.4 is 0 Å². The molecule has 6 heteroatoms. The maximum absolute atomic E-state index is 9.25. The van der Waals surface area contributed by atoms with Gasteiger partial charge in [0.05, 0.1) is 26.4 Å². The summed E-state index contributed by atoms with van der Waals surface area (Å²) in [4.78, 5) is 9.25. The second-order valence-electron chi connectivity index (χ2n) is 5.02. The molecule has 0 bridgehead atoms. The molecule has 0 aromatic carbocycles. The lowest BCUT2D eigenvalue weighted by Crippen LogP contribution is -2.04. The lowest BCUT2D eigenvalue weighted by Gasteiger charge is -2.03. The van der Waals surface area contributed by atoms with Gasteiger partial charge in [-0.1, -0.05) is 19.4 Å². The minimum absolute atomic E-state index is 0.401. The molecular formula is C15H26O6. The van der Waals surface area contributed by atoms with E-state index >= 15 is 0 Å². The predicted molar refractivity (Wildman–Crippen MR) is 77.4 cm³/mol. The maximum atomic E-state index is 9.25. The van der Waals surface area contributed by atoms with Gasteiger partial charge in [-0.25, -0.2) is 4.79 Å². The Balaban J connectivity index is 0.000000383. The summed E-state index contributed by atoms with van der Waals surface area (Å²) in [5, 5.41) is 7.60. The lowest BCUT2D eigenvalue weighted by atomic mass is 10.2. The van der Waals surface area contributed by atoms with Gasteiger partial charge in [-0.2, -0.15) is 0 Å². The number of unbranched alkanes of at least 4 members (excludes halogenated alkanes) is 3. The molecule has 21 heavy (non-hydrogen) atoms. The van der Waals surface area contributed by atoms with Gasteiger partial charge in [0.1, 0.15) is 12.2 Å². The first kappa shape index (κ1) is 18.1. The fourth-order valence-corrected chi connectivity index (χ4v) is 1.52. The van der Waals surface area contributed by atoms with Crippen molar-refractivity contribution >= 4 is 5.97 Å². The van der Waals surface area contributed by atoms with E-state index < -0.39 is 5.97 Å². The molecule has 0 aromatic heterocycles. The van der Waals surface area contributed by atoms with Crippen LogP contribution in [0.2, 0.25) is 0 Å². The fourth-order valence-electron chi connectivity index (χ4n) is 1.52. The van der Waals surface area contributed by atoms with Crippen LogP contribution in [0.3, 0.4) is 0 Å². The normalized spacial score (nSPS) is 22.1.